The zero-order valence-corrected chi connectivity index (χ0v) is 27.3. The molecule has 1 aliphatic rings. The molecule has 3 atom stereocenters. The van der Waals surface area contributed by atoms with Crippen LogP contribution in [0.1, 0.15) is 47.3 Å². The number of rotatable bonds is 12. The van der Waals surface area contributed by atoms with Gasteiger partial charge in [0, 0.05) is 26.4 Å². The van der Waals surface area contributed by atoms with Crippen LogP contribution in [-0.4, -0.2) is 79.8 Å². The van der Waals surface area contributed by atoms with Gasteiger partial charge in [0.25, 0.3) is 0 Å². The van der Waals surface area contributed by atoms with Gasteiger partial charge in [0.05, 0.1) is 30.6 Å². The summed E-state index contributed by atoms with van der Waals surface area (Å²) in [6, 6.07) is 18.0. The number of para-hydroxylation sites is 2. The average Bonchev–Trinajstić information content (AvgIpc) is 3.64. The number of aliphatic imine (C=N–C) groups is 1. The van der Waals surface area contributed by atoms with Crippen molar-refractivity contribution in [1.82, 2.24) is 24.4 Å². The zero-order chi connectivity index (χ0) is 33.5. The number of carbonyl (C=O) groups excluding carboxylic acids is 2. The number of anilines is 2. The molecule has 1 amide bonds. The number of ether oxygens (including phenoxy) is 3. The zero-order valence-electron chi connectivity index (χ0n) is 27.3. The van der Waals surface area contributed by atoms with Crippen molar-refractivity contribution in [3.63, 3.8) is 0 Å². The first-order chi connectivity index (χ1) is 22.6. The van der Waals surface area contributed by atoms with Crippen LogP contribution in [0, 0.1) is 11.8 Å². The summed E-state index contributed by atoms with van der Waals surface area (Å²) in [4.78, 5) is 47.5. The number of aromatic nitrogens is 4. The van der Waals surface area contributed by atoms with Gasteiger partial charge in [-0.2, -0.15) is 9.97 Å². The molecule has 4 aromatic rings. The molecule has 2 aromatic heterocycles. The highest BCUT2D eigenvalue weighted by molar-refractivity contribution is 5.97. The largest absolute Gasteiger partial charge is 0.460 e. The predicted molar refractivity (Wildman–Crippen MR) is 177 cm³/mol. The van der Waals surface area contributed by atoms with Gasteiger partial charge in [-0.15, -0.1) is 0 Å². The molecule has 3 heterocycles. The lowest BCUT2D eigenvalue weighted by Gasteiger charge is -2.23. The maximum atomic E-state index is 13.8. The van der Waals surface area contributed by atoms with E-state index in [0.29, 0.717) is 34.4 Å². The van der Waals surface area contributed by atoms with Crippen LogP contribution in [-0.2, 0) is 14.3 Å². The van der Waals surface area contributed by atoms with Gasteiger partial charge >= 0.3 is 18.1 Å². The lowest BCUT2D eigenvalue weighted by molar-refractivity contribution is -0.150. The lowest BCUT2D eigenvalue weighted by atomic mass is 10.1. The van der Waals surface area contributed by atoms with E-state index in [1.807, 2.05) is 36.4 Å². The molecule has 2 aromatic carbocycles. The Morgan fingerprint density at radius 3 is 2.19 bits per heavy atom. The van der Waals surface area contributed by atoms with Crippen molar-refractivity contribution in [3.05, 3.63) is 67.0 Å². The van der Waals surface area contributed by atoms with Crippen LogP contribution in [0.15, 0.2) is 72.0 Å². The van der Waals surface area contributed by atoms with E-state index >= 15 is 0 Å². The van der Waals surface area contributed by atoms with Crippen LogP contribution in [0.2, 0.25) is 0 Å². The van der Waals surface area contributed by atoms with Crippen LogP contribution >= 0.6 is 0 Å². The molecule has 0 unspecified atom stereocenters. The summed E-state index contributed by atoms with van der Waals surface area (Å²) in [5.41, 5.74) is 1.84. The van der Waals surface area contributed by atoms with E-state index in [1.54, 1.807) is 35.2 Å². The van der Waals surface area contributed by atoms with Gasteiger partial charge < -0.3 is 24.2 Å². The lowest BCUT2D eigenvalue weighted by Crippen LogP contribution is -2.30. The van der Waals surface area contributed by atoms with Crippen molar-refractivity contribution in [2.24, 2.45) is 16.8 Å². The van der Waals surface area contributed by atoms with Crippen molar-refractivity contribution < 1.29 is 28.9 Å². The first-order valence-corrected chi connectivity index (χ1v) is 15.7. The second-order valence-corrected chi connectivity index (χ2v) is 12.2. The number of imidazole rings is 1. The minimum Gasteiger partial charge on any atom is -0.460 e. The predicted octanol–water partition coefficient (Wildman–Crippen LogP) is 5.65. The Labute approximate surface area is 273 Å². The van der Waals surface area contributed by atoms with Crippen molar-refractivity contribution >= 4 is 46.8 Å². The van der Waals surface area contributed by atoms with E-state index < -0.39 is 30.5 Å². The summed E-state index contributed by atoms with van der Waals surface area (Å²) in [6.07, 6.45) is 0.708. The second kappa shape index (κ2) is 15.1. The first kappa shape index (κ1) is 33.5. The standard InChI is InChI=1S/C34H41N7O6/c1-22(2)17-39(18-23(3)4)20-36-31-30-32(40(21-35-30)29-16-27(45-24(5)43)28(19-42)46-29)38-33(37-31)47-34(44)41(25-12-8-6-9-13-25)26-14-10-7-11-15-26/h6-15,20-23,27-29,42H,16-19H2,1-5H3/b36-20+/t27-,28+,29+/m0/s1. The molecule has 13 heteroatoms. The fourth-order valence-corrected chi connectivity index (χ4v) is 5.48. The molecule has 0 radical (unpaired) electrons. The third kappa shape index (κ3) is 8.29. The molecular formula is C34H41N7O6. The second-order valence-electron chi connectivity index (χ2n) is 12.2. The number of aliphatic hydroxyl groups is 1. The Hall–Kier alpha value is -4.88. The van der Waals surface area contributed by atoms with E-state index in [-0.39, 0.29) is 24.9 Å². The summed E-state index contributed by atoms with van der Waals surface area (Å²) >= 11 is 0. The number of aliphatic hydroxyl groups excluding tert-OH is 1. The number of benzene rings is 2. The minimum absolute atomic E-state index is 0.202. The van der Waals surface area contributed by atoms with Gasteiger partial charge in [-0.3, -0.25) is 9.36 Å². The van der Waals surface area contributed by atoms with Crippen molar-refractivity contribution in [2.45, 2.75) is 59.5 Å². The fourth-order valence-electron chi connectivity index (χ4n) is 5.48. The van der Waals surface area contributed by atoms with E-state index in [1.165, 1.54) is 18.2 Å². The van der Waals surface area contributed by atoms with Gasteiger partial charge in [0.15, 0.2) is 17.0 Å². The number of esters is 1. The number of nitrogens with zero attached hydrogens (tertiary/aromatic N) is 7. The molecule has 0 aliphatic carbocycles. The topological polar surface area (TPSA) is 145 Å². The maximum Gasteiger partial charge on any atom is 0.426 e. The highest BCUT2D eigenvalue weighted by Crippen LogP contribution is 2.35. The molecule has 1 N–H and O–H groups in total. The molecule has 1 aliphatic heterocycles. The molecular weight excluding hydrogens is 602 g/mol. The minimum atomic E-state index is -0.732. The average molecular weight is 644 g/mol. The number of carbonyl (C=O) groups is 2. The number of amides is 1. The third-order valence-electron chi connectivity index (χ3n) is 7.30. The van der Waals surface area contributed by atoms with E-state index in [2.05, 4.69) is 47.5 Å². The molecule has 5 rings (SSSR count). The Balaban J connectivity index is 1.55. The Bertz CT molecular complexity index is 1630. The first-order valence-electron chi connectivity index (χ1n) is 15.7. The van der Waals surface area contributed by atoms with Crippen LogP contribution in [0.5, 0.6) is 6.01 Å². The quantitative estimate of drug-likeness (QED) is 0.117. The van der Waals surface area contributed by atoms with Gasteiger partial charge in [0.1, 0.15) is 18.4 Å². The fraction of sp³-hybridized carbons (Fsp3) is 0.412. The summed E-state index contributed by atoms with van der Waals surface area (Å²) in [5, 5.41) is 9.90. The van der Waals surface area contributed by atoms with Crippen LogP contribution in [0.3, 0.4) is 0 Å². The van der Waals surface area contributed by atoms with Crippen LogP contribution in [0.25, 0.3) is 11.2 Å². The summed E-state index contributed by atoms with van der Waals surface area (Å²) in [7, 11) is 0. The molecule has 1 fully saturated rings. The molecule has 1 saturated heterocycles. The normalized spacial score (nSPS) is 17.9. The molecule has 0 saturated carbocycles. The van der Waals surface area contributed by atoms with Crippen molar-refractivity contribution in [2.75, 3.05) is 24.6 Å². The highest BCUT2D eigenvalue weighted by Gasteiger charge is 2.39. The van der Waals surface area contributed by atoms with E-state index in [0.717, 1.165) is 13.1 Å². The monoisotopic (exact) mass is 643 g/mol. The number of hydrogen-bond donors (Lipinski definition) is 1. The van der Waals surface area contributed by atoms with Gasteiger partial charge in [-0.1, -0.05) is 64.1 Å². The van der Waals surface area contributed by atoms with Gasteiger partial charge in [-0.25, -0.2) is 19.7 Å². The summed E-state index contributed by atoms with van der Waals surface area (Å²) in [6.45, 7) is 11.1. The van der Waals surface area contributed by atoms with Crippen LogP contribution < -0.4 is 9.64 Å². The molecule has 13 nitrogen and oxygen atoms in total. The SMILES string of the molecule is CC(=O)O[C@H]1C[C@H](n2cnc3c(/N=C/N(CC(C)C)CC(C)C)nc(OC(=O)N(c4ccccc4)c4ccccc4)nc32)O[C@@H]1CO. The van der Waals surface area contributed by atoms with E-state index in [4.69, 9.17) is 19.2 Å². The molecule has 0 spiro atoms. The Morgan fingerprint density at radius 1 is 1.02 bits per heavy atom. The van der Waals surface area contributed by atoms with Gasteiger partial charge in [0.2, 0.25) is 0 Å². The van der Waals surface area contributed by atoms with E-state index in [9.17, 15) is 14.7 Å². The molecule has 0 bridgehead atoms. The summed E-state index contributed by atoms with van der Waals surface area (Å²) in [5.74, 6) is 0.517. The molecule has 47 heavy (non-hydrogen) atoms. The van der Waals surface area contributed by atoms with Crippen molar-refractivity contribution in [3.8, 4) is 6.01 Å². The Morgan fingerprint density at radius 2 is 1.64 bits per heavy atom. The van der Waals surface area contributed by atoms with Gasteiger partial charge in [-0.05, 0) is 36.1 Å². The van der Waals surface area contributed by atoms with Crippen LogP contribution in [0.4, 0.5) is 22.0 Å². The smallest absolute Gasteiger partial charge is 0.426 e. The summed E-state index contributed by atoms with van der Waals surface area (Å²) < 4.78 is 19.0. The molecule has 248 valence electrons. The Kier molecular flexibility index (Phi) is 10.8. The number of fused-ring (bicyclic) bond motifs is 1. The maximum absolute atomic E-state index is 13.8. The number of hydrogen-bond acceptors (Lipinski definition) is 10. The third-order valence-corrected chi connectivity index (χ3v) is 7.30. The van der Waals surface area contributed by atoms with Crippen molar-refractivity contribution in [1.29, 1.82) is 0 Å². The highest BCUT2D eigenvalue weighted by atomic mass is 16.6.